The smallest absolute Gasteiger partial charge is 0.306 e. The molecule has 1 saturated carbocycles. The third kappa shape index (κ3) is 4.69. The van der Waals surface area contributed by atoms with Crippen molar-refractivity contribution in [3.8, 4) is 0 Å². The molecule has 1 aliphatic heterocycles. The fourth-order valence-corrected chi connectivity index (χ4v) is 2.58. The van der Waals surface area contributed by atoms with E-state index in [4.69, 9.17) is 9.47 Å². The molecule has 0 spiro atoms. The van der Waals surface area contributed by atoms with E-state index in [1.54, 1.807) is 0 Å². The van der Waals surface area contributed by atoms with E-state index in [2.05, 4.69) is 12.2 Å². The SMILES string of the molecule is O=C1CCC/C=C\CCCC(=O)O[C@@H]2CCC[C@@H]2O1. The average molecular weight is 266 g/mol. The van der Waals surface area contributed by atoms with E-state index in [0.717, 1.165) is 44.9 Å². The second-order valence-electron chi connectivity index (χ2n) is 5.24. The highest BCUT2D eigenvalue weighted by Gasteiger charge is 2.33. The zero-order chi connectivity index (χ0) is 13.5. The lowest BCUT2D eigenvalue weighted by molar-refractivity contribution is -0.165. The van der Waals surface area contributed by atoms with Gasteiger partial charge < -0.3 is 9.47 Å². The van der Waals surface area contributed by atoms with Crippen LogP contribution in [0.2, 0.25) is 0 Å². The summed E-state index contributed by atoms with van der Waals surface area (Å²) in [5, 5.41) is 0. The van der Waals surface area contributed by atoms with Crippen molar-refractivity contribution in [3.05, 3.63) is 12.2 Å². The minimum Gasteiger partial charge on any atom is -0.458 e. The van der Waals surface area contributed by atoms with Crippen LogP contribution in [0.3, 0.4) is 0 Å². The number of hydrogen-bond donors (Lipinski definition) is 0. The maximum absolute atomic E-state index is 11.7. The first-order valence-electron chi connectivity index (χ1n) is 7.29. The normalized spacial score (nSPS) is 31.8. The van der Waals surface area contributed by atoms with Gasteiger partial charge in [-0.2, -0.15) is 0 Å². The van der Waals surface area contributed by atoms with Gasteiger partial charge in [0.1, 0.15) is 12.2 Å². The van der Waals surface area contributed by atoms with Crippen LogP contribution in [0.1, 0.15) is 57.8 Å². The van der Waals surface area contributed by atoms with Gasteiger partial charge in [0.25, 0.3) is 0 Å². The molecule has 0 amide bonds. The van der Waals surface area contributed by atoms with Crippen molar-refractivity contribution >= 4 is 11.9 Å². The van der Waals surface area contributed by atoms with Crippen LogP contribution < -0.4 is 0 Å². The standard InChI is InChI=1S/C15H22O4/c16-14-10-5-3-1-2-4-6-11-15(17)19-13-9-7-8-12(13)18-14/h1-2,12-13H,3-11H2/b2-1-/t12-,13+. The minimum absolute atomic E-state index is 0.168. The number of esters is 2. The molecule has 2 atom stereocenters. The van der Waals surface area contributed by atoms with Gasteiger partial charge in [-0.3, -0.25) is 9.59 Å². The summed E-state index contributed by atoms with van der Waals surface area (Å²) in [5.41, 5.74) is 0. The molecule has 0 bridgehead atoms. The number of fused-ring (bicyclic) bond motifs is 1. The molecular formula is C15H22O4. The second-order valence-corrected chi connectivity index (χ2v) is 5.24. The second kappa shape index (κ2) is 7.31. The zero-order valence-electron chi connectivity index (χ0n) is 11.3. The van der Waals surface area contributed by atoms with Gasteiger partial charge in [-0.15, -0.1) is 0 Å². The Hall–Kier alpha value is -1.32. The Labute approximate surface area is 114 Å². The van der Waals surface area contributed by atoms with E-state index in [1.807, 2.05) is 0 Å². The third-order valence-corrected chi connectivity index (χ3v) is 3.63. The topological polar surface area (TPSA) is 52.6 Å². The third-order valence-electron chi connectivity index (χ3n) is 3.63. The van der Waals surface area contributed by atoms with Crippen molar-refractivity contribution in [2.75, 3.05) is 0 Å². The van der Waals surface area contributed by atoms with E-state index in [-0.39, 0.29) is 24.1 Å². The Morgan fingerprint density at radius 1 is 0.789 bits per heavy atom. The number of allylic oxidation sites excluding steroid dienone is 2. The summed E-state index contributed by atoms with van der Waals surface area (Å²) in [6.07, 6.45) is 10.6. The summed E-state index contributed by atoms with van der Waals surface area (Å²) >= 11 is 0. The van der Waals surface area contributed by atoms with Gasteiger partial charge in [0, 0.05) is 12.8 Å². The number of carbonyl (C=O) groups is 2. The Morgan fingerprint density at radius 2 is 1.26 bits per heavy atom. The van der Waals surface area contributed by atoms with Crippen LogP contribution in [0.15, 0.2) is 12.2 Å². The molecule has 2 rings (SSSR count). The lowest BCUT2D eigenvalue weighted by atomic mass is 10.1. The molecule has 1 heterocycles. The predicted octanol–water partition coefficient (Wildman–Crippen LogP) is 2.90. The van der Waals surface area contributed by atoms with Crippen molar-refractivity contribution in [1.82, 2.24) is 0 Å². The van der Waals surface area contributed by atoms with E-state index < -0.39 is 0 Å². The van der Waals surface area contributed by atoms with E-state index >= 15 is 0 Å². The molecule has 0 radical (unpaired) electrons. The van der Waals surface area contributed by atoms with Crippen molar-refractivity contribution in [2.45, 2.75) is 70.0 Å². The van der Waals surface area contributed by atoms with Gasteiger partial charge in [0.15, 0.2) is 0 Å². The van der Waals surface area contributed by atoms with E-state index in [0.29, 0.717) is 12.8 Å². The first kappa shape index (κ1) is 14.1. The molecule has 0 aromatic rings. The Bertz CT molecular complexity index is 316. The zero-order valence-corrected chi connectivity index (χ0v) is 11.3. The Balaban J connectivity index is 1.94. The summed E-state index contributed by atoms with van der Waals surface area (Å²) in [4.78, 5) is 23.4. The Kier molecular flexibility index (Phi) is 5.43. The molecule has 0 unspecified atom stereocenters. The van der Waals surface area contributed by atoms with Crippen molar-refractivity contribution in [2.24, 2.45) is 0 Å². The molecule has 106 valence electrons. The highest BCUT2D eigenvalue weighted by atomic mass is 16.6. The average Bonchev–Trinajstić information content (AvgIpc) is 2.79. The molecule has 0 aromatic carbocycles. The lowest BCUT2D eigenvalue weighted by Gasteiger charge is -2.20. The van der Waals surface area contributed by atoms with Crippen molar-refractivity contribution < 1.29 is 19.1 Å². The van der Waals surface area contributed by atoms with Gasteiger partial charge in [-0.1, -0.05) is 12.2 Å². The largest absolute Gasteiger partial charge is 0.458 e. The van der Waals surface area contributed by atoms with Crippen LogP contribution in [0, 0.1) is 0 Å². The predicted molar refractivity (Wildman–Crippen MR) is 70.5 cm³/mol. The van der Waals surface area contributed by atoms with Gasteiger partial charge in [-0.05, 0) is 44.9 Å². The summed E-state index contributed by atoms with van der Waals surface area (Å²) in [5.74, 6) is -0.336. The number of rotatable bonds is 0. The van der Waals surface area contributed by atoms with Crippen LogP contribution in [0.25, 0.3) is 0 Å². The van der Waals surface area contributed by atoms with Crippen LogP contribution in [-0.2, 0) is 19.1 Å². The van der Waals surface area contributed by atoms with Gasteiger partial charge in [-0.25, -0.2) is 0 Å². The van der Waals surface area contributed by atoms with Gasteiger partial charge in [0.05, 0.1) is 0 Å². The number of carbonyl (C=O) groups excluding carboxylic acids is 2. The molecular weight excluding hydrogens is 244 g/mol. The fraction of sp³-hybridized carbons (Fsp3) is 0.733. The summed E-state index contributed by atoms with van der Waals surface area (Å²) in [7, 11) is 0. The molecule has 4 nitrogen and oxygen atoms in total. The summed E-state index contributed by atoms with van der Waals surface area (Å²) in [6.45, 7) is 0. The summed E-state index contributed by atoms with van der Waals surface area (Å²) < 4.78 is 10.9. The van der Waals surface area contributed by atoms with E-state index in [9.17, 15) is 9.59 Å². The first-order chi connectivity index (χ1) is 9.25. The maximum Gasteiger partial charge on any atom is 0.306 e. The molecule has 0 aromatic heterocycles. The molecule has 4 heteroatoms. The fourth-order valence-electron chi connectivity index (χ4n) is 2.58. The highest BCUT2D eigenvalue weighted by molar-refractivity contribution is 5.70. The highest BCUT2D eigenvalue weighted by Crippen LogP contribution is 2.26. The number of ether oxygens (including phenoxy) is 2. The van der Waals surface area contributed by atoms with Gasteiger partial charge in [0.2, 0.25) is 0 Å². The summed E-state index contributed by atoms with van der Waals surface area (Å²) in [6, 6.07) is 0. The molecule has 0 saturated heterocycles. The molecule has 2 aliphatic rings. The van der Waals surface area contributed by atoms with Crippen LogP contribution in [0.4, 0.5) is 0 Å². The van der Waals surface area contributed by atoms with Crippen molar-refractivity contribution in [1.29, 1.82) is 0 Å². The minimum atomic E-state index is -0.227. The maximum atomic E-state index is 11.7. The van der Waals surface area contributed by atoms with E-state index in [1.165, 1.54) is 0 Å². The quantitative estimate of drug-likeness (QED) is 0.499. The molecule has 19 heavy (non-hydrogen) atoms. The molecule has 0 N–H and O–H groups in total. The van der Waals surface area contributed by atoms with Crippen LogP contribution >= 0.6 is 0 Å². The van der Waals surface area contributed by atoms with Crippen molar-refractivity contribution in [3.63, 3.8) is 0 Å². The molecule has 1 fully saturated rings. The monoisotopic (exact) mass is 266 g/mol. The van der Waals surface area contributed by atoms with Gasteiger partial charge >= 0.3 is 11.9 Å². The number of hydrogen-bond acceptors (Lipinski definition) is 4. The van der Waals surface area contributed by atoms with Crippen LogP contribution in [0.5, 0.6) is 0 Å². The molecule has 1 aliphatic carbocycles. The van der Waals surface area contributed by atoms with Crippen LogP contribution in [-0.4, -0.2) is 24.1 Å². The Morgan fingerprint density at radius 3 is 1.74 bits per heavy atom. The first-order valence-corrected chi connectivity index (χ1v) is 7.29. The lowest BCUT2D eigenvalue weighted by Crippen LogP contribution is -2.30.